The number of amides is 2. The molecule has 0 bridgehead atoms. The van der Waals surface area contributed by atoms with Crippen LogP contribution in [0.3, 0.4) is 0 Å². The molecule has 1 aliphatic carbocycles. The maximum atomic E-state index is 14.3. The molecule has 16 heteroatoms. The van der Waals surface area contributed by atoms with E-state index in [9.17, 15) is 45.8 Å². The summed E-state index contributed by atoms with van der Waals surface area (Å²) in [4.78, 5) is 46.4. The first-order valence-corrected chi connectivity index (χ1v) is 17.3. The minimum absolute atomic E-state index is 0.00823. The molecule has 0 spiro atoms. The van der Waals surface area contributed by atoms with Crippen LogP contribution in [0.15, 0.2) is 42.5 Å². The molecule has 3 aromatic rings. The number of hydrogen-bond donors (Lipinski definition) is 3. The van der Waals surface area contributed by atoms with Gasteiger partial charge >= 0.3 is 18.3 Å². The van der Waals surface area contributed by atoms with Gasteiger partial charge in [-0.3, -0.25) is 9.59 Å². The summed E-state index contributed by atoms with van der Waals surface area (Å²) >= 11 is 1.25. The quantitative estimate of drug-likeness (QED) is 0.240. The molecule has 3 heterocycles. The van der Waals surface area contributed by atoms with E-state index in [1.165, 1.54) is 16.2 Å². The third kappa shape index (κ3) is 7.49. The number of aliphatic carboxylic acids is 1. The fourth-order valence-corrected chi connectivity index (χ4v) is 8.09. The largest absolute Gasteiger partial charge is 0.479 e. The lowest BCUT2D eigenvalue weighted by molar-refractivity contribution is -0.146. The highest BCUT2D eigenvalue weighted by molar-refractivity contribution is 7.20. The Morgan fingerprint density at radius 2 is 1.68 bits per heavy atom. The molecule has 2 saturated heterocycles. The summed E-state index contributed by atoms with van der Waals surface area (Å²) < 4.78 is 89.1. The number of carbonyl (C=O) groups is 3. The molecule has 2 aliphatic heterocycles. The van der Waals surface area contributed by atoms with Crippen LogP contribution >= 0.6 is 11.3 Å². The van der Waals surface area contributed by atoms with Crippen LogP contribution in [0.4, 0.5) is 32.0 Å². The SMILES string of the molecule is CC1CCCCCC[C@H](Nc2cc(C(F)(F)F)cc(C(F)(F)F)c2)C(=O)N2C[C@H](Oc3nc4ccccc4s3)C[C@H]2C(=O)N[C@]2(C(=O)O)C[C@@H]12. The van der Waals surface area contributed by atoms with Gasteiger partial charge in [-0.25, -0.2) is 9.78 Å². The highest BCUT2D eigenvalue weighted by Crippen LogP contribution is 2.50. The smallest absolute Gasteiger partial charge is 0.416 e. The van der Waals surface area contributed by atoms with Gasteiger partial charge in [0.05, 0.1) is 27.9 Å². The molecule has 3 fully saturated rings. The average Bonchev–Trinajstić information content (AvgIpc) is 3.40. The van der Waals surface area contributed by atoms with Crippen molar-refractivity contribution in [3.8, 4) is 5.19 Å². The van der Waals surface area contributed by atoms with Crippen LogP contribution < -0.4 is 15.4 Å². The summed E-state index contributed by atoms with van der Waals surface area (Å²) in [6.07, 6.45) is -7.51. The Morgan fingerprint density at radius 1 is 1.02 bits per heavy atom. The Morgan fingerprint density at radius 3 is 2.32 bits per heavy atom. The molecular formula is C34H36F6N4O5S. The Balaban J connectivity index is 1.33. The highest BCUT2D eigenvalue weighted by atomic mass is 32.1. The molecule has 2 aromatic carbocycles. The van der Waals surface area contributed by atoms with E-state index in [-0.39, 0.29) is 48.9 Å². The van der Waals surface area contributed by atoms with Crippen LogP contribution in [0.1, 0.15) is 69.4 Å². The number of carbonyl (C=O) groups excluding carboxylic acids is 2. The molecule has 1 aromatic heterocycles. The summed E-state index contributed by atoms with van der Waals surface area (Å²) in [5.41, 5.74) is -4.45. The third-order valence-electron chi connectivity index (χ3n) is 9.95. The van der Waals surface area contributed by atoms with Gasteiger partial charge in [-0.1, -0.05) is 62.5 Å². The maximum Gasteiger partial charge on any atom is 0.416 e. The summed E-state index contributed by atoms with van der Waals surface area (Å²) in [7, 11) is 0. The van der Waals surface area contributed by atoms with Crippen LogP contribution in [-0.2, 0) is 26.7 Å². The lowest BCUT2D eigenvalue weighted by atomic mass is 9.94. The molecule has 9 nitrogen and oxygen atoms in total. The Kier molecular flexibility index (Phi) is 9.70. The zero-order valence-corrected chi connectivity index (χ0v) is 27.8. The number of para-hydroxylation sites is 1. The van der Waals surface area contributed by atoms with Crippen LogP contribution in [-0.4, -0.2) is 63.0 Å². The second kappa shape index (κ2) is 13.6. The number of ether oxygens (including phenoxy) is 1. The predicted octanol–water partition coefficient (Wildman–Crippen LogP) is 7.11. The van der Waals surface area contributed by atoms with Crippen molar-refractivity contribution in [2.45, 2.75) is 94.4 Å². The van der Waals surface area contributed by atoms with Crippen LogP contribution in [0.25, 0.3) is 10.2 Å². The zero-order chi connectivity index (χ0) is 36.0. The fourth-order valence-electron chi connectivity index (χ4n) is 7.21. The minimum atomic E-state index is -5.09. The normalized spacial score (nSPS) is 28.2. The van der Waals surface area contributed by atoms with Crippen molar-refractivity contribution in [3.05, 3.63) is 53.6 Å². The maximum absolute atomic E-state index is 14.3. The molecule has 270 valence electrons. The first-order valence-electron chi connectivity index (χ1n) is 16.5. The number of carboxylic acid groups (broad SMARTS) is 1. The molecular weight excluding hydrogens is 690 g/mol. The molecule has 1 unspecified atom stereocenters. The zero-order valence-electron chi connectivity index (χ0n) is 26.9. The number of aromatic nitrogens is 1. The summed E-state index contributed by atoms with van der Waals surface area (Å²) in [5.74, 6) is -2.96. The van der Waals surface area contributed by atoms with E-state index in [1.807, 2.05) is 19.1 Å². The van der Waals surface area contributed by atoms with Crippen LogP contribution in [0.2, 0.25) is 0 Å². The Labute approximate surface area is 287 Å². The lowest BCUT2D eigenvalue weighted by Gasteiger charge is -2.30. The van der Waals surface area contributed by atoms with Crippen molar-refractivity contribution in [2.24, 2.45) is 11.8 Å². The fraction of sp³-hybridized carbons (Fsp3) is 0.529. The molecule has 6 rings (SSSR count). The van der Waals surface area contributed by atoms with Gasteiger partial charge < -0.3 is 25.4 Å². The minimum Gasteiger partial charge on any atom is -0.479 e. The summed E-state index contributed by atoms with van der Waals surface area (Å²) in [5, 5.41) is 15.8. The number of nitrogens with zero attached hydrogens (tertiary/aromatic N) is 2. The van der Waals surface area contributed by atoms with Crippen molar-refractivity contribution in [1.29, 1.82) is 0 Å². The van der Waals surface area contributed by atoms with Gasteiger partial charge in [-0.05, 0) is 55.0 Å². The van der Waals surface area contributed by atoms with Gasteiger partial charge in [0.25, 0.3) is 5.19 Å². The first-order chi connectivity index (χ1) is 23.5. The number of hydrogen-bond acceptors (Lipinski definition) is 7. The molecule has 50 heavy (non-hydrogen) atoms. The van der Waals surface area contributed by atoms with Gasteiger partial charge in [-0.2, -0.15) is 26.3 Å². The molecule has 3 N–H and O–H groups in total. The monoisotopic (exact) mass is 726 g/mol. The van der Waals surface area contributed by atoms with Crippen molar-refractivity contribution in [1.82, 2.24) is 15.2 Å². The van der Waals surface area contributed by atoms with Crippen molar-refractivity contribution in [3.63, 3.8) is 0 Å². The van der Waals surface area contributed by atoms with E-state index in [4.69, 9.17) is 4.74 Å². The molecule has 2 amide bonds. The van der Waals surface area contributed by atoms with E-state index < -0.39 is 70.7 Å². The van der Waals surface area contributed by atoms with Gasteiger partial charge in [0, 0.05) is 12.1 Å². The predicted molar refractivity (Wildman–Crippen MR) is 171 cm³/mol. The van der Waals surface area contributed by atoms with Crippen molar-refractivity contribution in [2.75, 3.05) is 11.9 Å². The number of rotatable bonds is 5. The third-order valence-corrected chi connectivity index (χ3v) is 10.9. The van der Waals surface area contributed by atoms with E-state index in [0.717, 1.165) is 17.5 Å². The number of carboxylic acids is 1. The highest BCUT2D eigenvalue weighted by Gasteiger charge is 2.64. The second-order valence-corrected chi connectivity index (χ2v) is 14.5. The number of nitrogens with one attached hydrogen (secondary N) is 2. The van der Waals surface area contributed by atoms with Gasteiger partial charge in [-0.15, -0.1) is 0 Å². The first kappa shape index (κ1) is 35.7. The van der Waals surface area contributed by atoms with Crippen LogP contribution in [0.5, 0.6) is 5.19 Å². The molecule has 3 aliphatic rings. The van der Waals surface area contributed by atoms with E-state index in [1.54, 1.807) is 12.1 Å². The number of thiazole rings is 1. The molecule has 1 saturated carbocycles. The standard InChI is InChI=1S/C34H36F6N4O5S/c1-18-8-4-2-3-5-10-25(41-21-13-19(33(35,36)37)12-20(14-21)34(38,39)40)29(46)44-17-22(49-31-42-24-9-6-7-11-27(24)50-31)15-26(44)28(45)43-32(30(47)48)16-23(18)32/h6-7,9,11-14,18,22-23,25-26,41H,2-5,8,10,15-17H2,1H3,(H,43,45)(H,47,48)/t18?,22-,23+,25+,26+,32-/m1/s1. The summed E-state index contributed by atoms with van der Waals surface area (Å²) in [6.45, 7) is 1.79. The number of anilines is 1. The topological polar surface area (TPSA) is 121 Å². The van der Waals surface area contributed by atoms with Gasteiger partial charge in [0.1, 0.15) is 23.7 Å². The van der Waals surface area contributed by atoms with Crippen molar-refractivity contribution >= 4 is 45.0 Å². The number of benzene rings is 2. The molecule has 0 radical (unpaired) electrons. The molecule has 6 atom stereocenters. The Bertz CT molecular complexity index is 1700. The number of halogens is 6. The van der Waals surface area contributed by atoms with Crippen LogP contribution in [0, 0.1) is 11.8 Å². The number of fused-ring (bicyclic) bond motifs is 3. The average molecular weight is 727 g/mol. The van der Waals surface area contributed by atoms with E-state index >= 15 is 0 Å². The Hall–Kier alpha value is -4.08. The van der Waals surface area contributed by atoms with E-state index in [0.29, 0.717) is 36.9 Å². The van der Waals surface area contributed by atoms with Gasteiger partial charge in [0.2, 0.25) is 11.8 Å². The number of alkyl halides is 6. The van der Waals surface area contributed by atoms with E-state index in [2.05, 4.69) is 15.6 Å². The summed E-state index contributed by atoms with van der Waals surface area (Å²) in [6, 6.07) is 5.81. The van der Waals surface area contributed by atoms with Gasteiger partial charge in [0.15, 0.2) is 0 Å². The second-order valence-electron chi connectivity index (χ2n) is 13.5. The lowest BCUT2D eigenvalue weighted by Crippen LogP contribution is -2.55. The van der Waals surface area contributed by atoms with Crippen molar-refractivity contribution < 1.29 is 50.6 Å².